The number of carbonyl (C=O) groups is 1. The van der Waals surface area contributed by atoms with Crippen molar-refractivity contribution in [2.75, 3.05) is 6.26 Å². The first-order valence-electron chi connectivity index (χ1n) is 7.67. The molecule has 1 N–H and O–H groups in total. The highest BCUT2D eigenvalue weighted by atomic mass is 32.2. The van der Waals surface area contributed by atoms with Gasteiger partial charge in [-0.15, -0.1) is 10.2 Å². The van der Waals surface area contributed by atoms with Crippen LogP contribution in [-0.4, -0.2) is 26.9 Å². The van der Waals surface area contributed by atoms with Crippen molar-refractivity contribution in [2.24, 2.45) is 0 Å². The zero-order valence-electron chi connectivity index (χ0n) is 13.9. The van der Waals surface area contributed by atoms with Crippen LogP contribution in [0, 0.1) is 12.7 Å². The molecule has 2 aromatic carbocycles. The number of thioether (sulfide) groups is 1. The average Bonchev–Trinajstić information content (AvgIpc) is 3.02. The van der Waals surface area contributed by atoms with Crippen LogP contribution in [0.3, 0.4) is 0 Å². The van der Waals surface area contributed by atoms with Crippen LogP contribution in [0.2, 0.25) is 0 Å². The molecule has 0 fully saturated rings. The number of rotatable bonds is 5. The molecule has 1 heterocycles. The molecule has 0 aliphatic heterocycles. The van der Waals surface area contributed by atoms with E-state index in [0.29, 0.717) is 5.82 Å². The topological polar surface area (TPSA) is 59.8 Å². The lowest BCUT2D eigenvalue weighted by Gasteiger charge is -2.11. The molecule has 0 saturated heterocycles. The minimum Gasteiger partial charge on any atom is -0.345 e. The first-order valence-corrected chi connectivity index (χ1v) is 8.90. The highest BCUT2D eigenvalue weighted by Gasteiger charge is 2.15. The van der Waals surface area contributed by atoms with Gasteiger partial charge in [-0.2, -0.15) is 0 Å². The molecule has 3 aromatic rings. The van der Waals surface area contributed by atoms with Crippen molar-refractivity contribution < 1.29 is 9.18 Å². The molecule has 0 atom stereocenters. The van der Waals surface area contributed by atoms with E-state index in [-0.39, 0.29) is 18.0 Å². The van der Waals surface area contributed by atoms with E-state index in [0.717, 1.165) is 16.4 Å². The van der Waals surface area contributed by atoms with Crippen LogP contribution >= 0.6 is 11.8 Å². The second-order valence-electron chi connectivity index (χ2n) is 5.47. The van der Waals surface area contributed by atoms with Crippen molar-refractivity contribution in [1.82, 2.24) is 20.1 Å². The maximum Gasteiger partial charge on any atom is 0.251 e. The van der Waals surface area contributed by atoms with Gasteiger partial charge in [0, 0.05) is 11.3 Å². The van der Waals surface area contributed by atoms with Crippen LogP contribution in [0.4, 0.5) is 4.39 Å². The molecule has 1 amide bonds. The maximum atomic E-state index is 13.3. The number of hydrogen-bond donors (Lipinski definition) is 1. The number of benzene rings is 2. The first kappa shape index (κ1) is 17.2. The van der Waals surface area contributed by atoms with Gasteiger partial charge in [-0.05, 0) is 49.1 Å². The average molecular weight is 356 g/mol. The SMILES string of the molecule is CSc1nnc(CNC(=O)c2cccc(F)c2)n1-c1cccc(C)c1. The van der Waals surface area contributed by atoms with E-state index in [4.69, 9.17) is 0 Å². The Morgan fingerprint density at radius 3 is 2.72 bits per heavy atom. The Morgan fingerprint density at radius 1 is 1.20 bits per heavy atom. The Balaban J connectivity index is 1.84. The third-order valence-electron chi connectivity index (χ3n) is 3.64. The lowest BCUT2D eigenvalue weighted by Crippen LogP contribution is -2.24. The van der Waals surface area contributed by atoms with E-state index in [1.165, 1.54) is 30.0 Å². The van der Waals surface area contributed by atoms with Crippen LogP contribution in [0.5, 0.6) is 0 Å². The molecular weight excluding hydrogens is 339 g/mol. The Kier molecular flexibility index (Phi) is 5.14. The third-order valence-corrected chi connectivity index (χ3v) is 4.27. The fraction of sp³-hybridized carbons (Fsp3) is 0.167. The van der Waals surface area contributed by atoms with E-state index in [1.807, 2.05) is 42.0 Å². The molecular formula is C18H17FN4OS. The summed E-state index contributed by atoms with van der Waals surface area (Å²) in [6, 6.07) is 13.5. The molecule has 3 rings (SSSR count). The molecule has 0 saturated carbocycles. The number of nitrogens with one attached hydrogen (secondary N) is 1. The largest absolute Gasteiger partial charge is 0.345 e. The Hall–Kier alpha value is -2.67. The quantitative estimate of drug-likeness (QED) is 0.712. The number of amides is 1. The molecule has 7 heteroatoms. The number of hydrogen-bond acceptors (Lipinski definition) is 4. The summed E-state index contributed by atoms with van der Waals surface area (Å²) >= 11 is 1.48. The molecule has 25 heavy (non-hydrogen) atoms. The van der Waals surface area contributed by atoms with Crippen molar-refractivity contribution in [3.05, 3.63) is 71.3 Å². The van der Waals surface area contributed by atoms with E-state index in [9.17, 15) is 9.18 Å². The van der Waals surface area contributed by atoms with Crippen LogP contribution in [-0.2, 0) is 6.54 Å². The van der Waals surface area contributed by atoms with Crippen LogP contribution in [0.15, 0.2) is 53.7 Å². The van der Waals surface area contributed by atoms with Gasteiger partial charge in [-0.1, -0.05) is 30.0 Å². The van der Waals surface area contributed by atoms with E-state index in [2.05, 4.69) is 15.5 Å². The Labute approximate surface area is 149 Å². The third kappa shape index (κ3) is 3.88. The van der Waals surface area contributed by atoms with Crippen molar-refractivity contribution in [3.8, 4) is 5.69 Å². The van der Waals surface area contributed by atoms with E-state index < -0.39 is 5.82 Å². The van der Waals surface area contributed by atoms with Gasteiger partial charge < -0.3 is 5.32 Å². The number of aryl methyl sites for hydroxylation is 1. The number of nitrogens with zero attached hydrogens (tertiary/aromatic N) is 3. The molecule has 0 aliphatic rings. The minimum atomic E-state index is -0.444. The Bertz CT molecular complexity index is 910. The molecule has 1 aromatic heterocycles. The lowest BCUT2D eigenvalue weighted by atomic mass is 10.2. The van der Waals surface area contributed by atoms with Crippen molar-refractivity contribution in [3.63, 3.8) is 0 Å². The zero-order chi connectivity index (χ0) is 17.8. The second-order valence-corrected chi connectivity index (χ2v) is 6.24. The maximum absolute atomic E-state index is 13.3. The summed E-state index contributed by atoms with van der Waals surface area (Å²) in [5.74, 6) is -0.191. The monoisotopic (exact) mass is 356 g/mol. The fourth-order valence-corrected chi connectivity index (χ4v) is 2.98. The summed E-state index contributed by atoms with van der Waals surface area (Å²) in [6.45, 7) is 2.20. The highest BCUT2D eigenvalue weighted by Crippen LogP contribution is 2.20. The summed E-state index contributed by atoms with van der Waals surface area (Å²) in [4.78, 5) is 12.2. The molecule has 0 unspecified atom stereocenters. The fourth-order valence-electron chi connectivity index (χ4n) is 2.46. The van der Waals surface area contributed by atoms with E-state index in [1.54, 1.807) is 6.07 Å². The van der Waals surface area contributed by atoms with Gasteiger partial charge >= 0.3 is 0 Å². The number of carbonyl (C=O) groups excluding carboxylic acids is 1. The standard InChI is InChI=1S/C18H17FN4OS/c1-12-5-3-8-15(9-12)23-16(21-22-18(23)25-2)11-20-17(24)13-6-4-7-14(19)10-13/h3-10H,11H2,1-2H3,(H,20,24). The molecule has 0 bridgehead atoms. The number of halogens is 1. The molecule has 0 spiro atoms. The van der Waals surface area contributed by atoms with Gasteiger partial charge in [0.25, 0.3) is 5.91 Å². The number of aromatic nitrogens is 3. The first-order chi connectivity index (χ1) is 12.1. The summed E-state index contributed by atoms with van der Waals surface area (Å²) in [5.41, 5.74) is 2.32. The van der Waals surface area contributed by atoms with Gasteiger partial charge in [0.2, 0.25) is 0 Å². The molecule has 0 aliphatic carbocycles. The summed E-state index contributed by atoms with van der Waals surface area (Å²) in [6.07, 6.45) is 1.92. The van der Waals surface area contributed by atoms with Gasteiger partial charge in [0.15, 0.2) is 11.0 Å². The summed E-state index contributed by atoms with van der Waals surface area (Å²) in [5, 5.41) is 11.9. The molecule has 128 valence electrons. The van der Waals surface area contributed by atoms with Gasteiger partial charge in [-0.25, -0.2) is 4.39 Å². The second kappa shape index (κ2) is 7.48. The zero-order valence-corrected chi connectivity index (χ0v) is 14.7. The van der Waals surface area contributed by atoms with Gasteiger partial charge in [0.05, 0.1) is 6.54 Å². The summed E-state index contributed by atoms with van der Waals surface area (Å²) in [7, 11) is 0. The van der Waals surface area contributed by atoms with Crippen LogP contribution in [0.1, 0.15) is 21.7 Å². The molecule has 0 radical (unpaired) electrons. The Morgan fingerprint density at radius 2 is 2.00 bits per heavy atom. The normalized spacial score (nSPS) is 10.7. The smallest absolute Gasteiger partial charge is 0.251 e. The van der Waals surface area contributed by atoms with Gasteiger partial charge in [-0.3, -0.25) is 9.36 Å². The van der Waals surface area contributed by atoms with E-state index >= 15 is 0 Å². The van der Waals surface area contributed by atoms with Crippen molar-refractivity contribution in [2.45, 2.75) is 18.6 Å². The lowest BCUT2D eigenvalue weighted by molar-refractivity contribution is 0.0949. The minimum absolute atomic E-state index is 0.191. The predicted molar refractivity (Wildman–Crippen MR) is 95.4 cm³/mol. The van der Waals surface area contributed by atoms with Crippen LogP contribution in [0.25, 0.3) is 5.69 Å². The van der Waals surface area contributed by atoms with Crippen molar-refractivity contribution >= 4 is 17.7 Å². The highest BCUT2D eigenvalue weighted by molar-refractivity contribution is 7.98. The molecule has 5 nitrogen and oxygen atoms in total. The van der Waals surface area contributed by atoms with Crippen LogP contribution < -0.4 is 5.32 Å². The van der Waals surface area contributed by atoms with Crippen molar-refractivity contribution in [1.29, 1.82) is 0 Å². The predicted octanol–water partition coefficient (Wildman–Crippen LogP) is 3.37. The van der Waals surface area contributed by atoms with Gasteiger partial charge in [0.1, 0.15) is 5.82 Å². The summed E-state index contributed by atoms with van der Waals surface area (Å²) < 4.78 is 15.2.